The predicted octanol–water partition coefficient (Wildman–Crippen LogP) is 5.20. The Morgan fingerprint density at radius 2 is 1.69 bits per heavy atom. The van der Waals surface area contributed by atoms with Gasteiger partial charge in [0.25, 0.3) is 0 Å². The number of allylic oxidation sites excluding steroid dienone is 1. The van der Waals surface area contributed by atoms with E-state index >= 15 is 0 Å². The Bertz CT molecular complexity index is 911. The van der Waals surface area contributed by atoms with Crippen molar-refractivity contribution < 1.29 is 19.7 Å². The van der Waals surface area contributed by atoms with Crippen molar-refractivity contribution in [2.45, 2.75) is 25.0 Å². The van der Waals surface area contributed by atoms with E-state index in [0.29, 0.717) is 18.6 Å². The van der Waals surface area contributed by atoms with E-state index in [1.54, 1.807) is 30.3 Å². The van der Waals surface area contributed by atoms with Gasteiger partial charge in [0, 0.05) is 5.92 Å². The molecule has 0 aliphatic carbocycles. The van der Waals surface area contributed by atoms with Crippen LogP contribution in [0.15, 0.2) is 90.1 Å². The first-order valence-electron chi connectivity index (χ1n) is 9.65. The molecule has 0 radical (unpaired) electrons. The number of rotatable bonds is 9. The van der Waals surface area contributed by atoms with Gasteiger partial charge in [-0.25, -0.2) is 0 Å². The number of furan rings is 1. The zero-order chi connectivity index (χ0) is 20.6. The molecule has 3 atom stereocenters. The normalized spacial score (nSPS) is 14.9. The van der Waals surface area contributed by atoms with E-state index in [1.807, 2.05) is 48.5 Å². The number of aromatic hydroxyl groups is 1. The summed E-state index contributed by atoms with van der Waals surface area (Å²) in [5.74, 6) is 0.100. The first-order chi connectivity index (χ1) is 14.1. The summed E-state index contributed by atoms with van der Waals surface area (Å²) in [5.41, 5.74) is 3.09. The molecular formula is C25H26O4. The molecule has 150 valence electrons. The number of hydrogen-bond acceptors (Lipinski definition) is 4. The molecule has 3 N–H and O–H groups in total. The zero-order valence-corrected chi connectivity index (χ0v) is 16.2. The van der Waals surface area contributed by atoms with Gasteiger partial charge in [-0.1, -0.05) is 54.6 Å². The molecule has 29 heavy (non-hydrogen) atoms. The van der Waals surface area contributed by atoms with Gasteiger partial charge < -0.3 is 19.7 Å². The van der Waals surface area contributed by atoms with E-state index in [9.17, 15) is 15.3 Å². The van der Waals surface area contributed by atoms with Crippen molar-refractivity contribution in [2.24, 2.45) is 5.92 Å². The van der Waals surface area contributed by atoms with Gasteiger partial charge in [-0.05, 0) is 53.8 Å². The molecule has 0 unspecified atom stereocenters. The summed E-state index contributed by atoms with van der Waals surface area (Å²) >= 11 is 0. The molecule has 0 aliphatic rings. The Kier molecular flexibility index (Phi) is 7.06. The highest BCUT2D eigenvalue weighted by Crippen LogP contribution is 2.31. The fourth-order valence-electron chi connectivity index (χ4n) is 3.37. The summed E-state index contributed by atoms with van der Waals surface area (Å²) in [6.45, 7) is 3.77. The molecule has 0 saturated heterocycles. The van der Waals surface area contributed by atoms with Gasteiger partial charge in [0.05, 0.1) is 12.4 Å². The largest absolute Gasteiger partial charge is 0.508 e. The molecule has 0 amide bonds. The van der Waals surface area contributed by atoms with Crippen LogP contribution in [0, 0.1) is 5.92 Å². The van der Waals surface area contributed by atoms with Gasteiger partial charge in [0.1, 0.15) is 17.6 Å². The Morgan fingerprint density at radius 1 is 0.966 bits per heavy atom. The minimum absolute atomic E-state index is 0.222. The summed E-state index contributed by atoms with van der Waals surface area (Å²) in [7, 11) is 0. The highest BCUT2D eigenvalue weighted by atomic mass is 16.4. The third kappa shape index (κ3) is 5.47. The second kappa shape index (κ2) is 9.92. The second-order valence-corrected chi connectivity index (χ2v) is 7.01. The first-order valence-corrected chi connectivity index (χ1v) is 9.65. The van der Waals surface area contributed by atoms with Crippen molar-refractivity contribution in [3.8, 4) is 5.75 Å². The number of benzene rings is 2. The van der Waals surface area contributed by atoms with Gasteiger partial charge in [0.15, 0.2) is 0 Å². The van der Waals surface area contributed by atoms with Crippen LogP contribution < -0.4 is 0 Å². The quantitative estimate of drug-likeness (QED) is 0.347. The molecule has 2 aromatic carbocycles. The molecule has 3 rings (SSSR count). The highest BCUT2D eigenvalue weighted by molar-refractivity contribution is 5.81. The van der Waals surface area contributed by atoms with E-state index < -0.39 is 18.1 Å². The Labute approximate surface area is 171 Å². The van der Waals surface area contributed by atoms with Gasteiger partial charge in [0.2, 0.25) is 0 Å². The summed E-state index contributed by atoms with van der Waals surface area (Å²) in [6.07, 6.45) is 4.46. The molecular weight excluding hydrogens is 364 g/mol. The van der Waals surface area contributed by atoms with Crippen LogP contribution >= 0.6 is 0 Å². The lowest BCUT2D eigenvalue weighted by atomic mass is 9.89. The van der Waals surface area contributed by atoms with Crippen molar-refractivity contribution >= 4 is 11.6 Å². The number of phenolic OH excluding ortho intramolecular Hbond substituents is 1. The molecule has 1 heterocycles. The smallest absolute Gasteiger partial charge is 0.132 e. The third-order valence-electron chi connectivity index (χ3n) is 5.00. The molecule has 0 spiro atoms. The Hall–Kier alpha value is -3.08. The summed E-state index contributed by atoms with van der Waals surface area (Å²) in [5, 5.41) is 30.8. The van der Waals surface area contributed by atoms with Crippen LogP contribution in [0.5, 0.6) is 5.75 Å². The van der Waals surface area contributed by atoms with Crippen molar-refractivity contribution in [3.05, 3.63) is 103 Å². The third-order valence-corrected chi connectivity index (χ3v) is 5.00. The van der Waals surface area contributed by atoms with Crippen LogP contribution in [0.4, 0.5) is 0 Å². The van der Waals surface area contributed by atoms with Crippen LogP contribution in [0.25, 0.3) is 11.6 Å². The van der Waals surface area contributed by atoms with Crippen LogP contribution in [-0.2, 0) is 0 Å². The fraction of sp³-hybridized carbons (Fsp3) is 0.200. The molecule has 4 nitrogen and oxygen atoms in total. The van der Waals surface area contributed by atoms with E-state index in [0.717, 1.165) is 16.7 Å². The highest BCUT2D eigenvalue weighted by Gasteiger charge is 2.27. The monoisotopic (exact) mass is 390 g/mol. The van der Waals surface area contributed by atoms with E-state index in [4.69, 9.17) is 4.42 Å². The van der Waals surface area contributed by atoms with Gasteiger partial charge in [-0.15, -0.1) is 6.58 Å². The second-order valence-electron chi connectivity index (χ2n) is 7.01. The number of hydrogen-bond donors (Lipinski definition) is 3. The number of aliphatic hydroxyl groups excluding tert-OH is 2. The summed E-state index contributed by atoms with van der Waals surface area (Å²) < 4.78 is 5.27. The molecule has 0 saturated carbocycles. The number of phenols is 1. The Morgan fingerprint density at radius 3 is 2.31 bits per heavy atom. The maximum atomic E-state index is 10.7. The average Bonchev–Trinajstić information content (AvgIpc) is 3.28. The van der Waals surface area contributed by atoms with Crippen LogP contribution in [0.1, 0.15) is 35.8 Å². The van der Waals surface area contributed by atoms with Gasteiger partial charge >= 0.3 is 0 Å². The zero-order valence-electron chi connectivity index (χ0n) is 16.2. The molecule has 3 aromatic rings. The molecule has 4 heteroatoms. The molecule has 1 aromatic heterocycles. The van der Waals surface area contributed by atoms with Gasteiger partial charge in [-0.3, -0.25) is 0 Å². The lowest BCUT2D eigenvalue weighted by Crippen LogP contribution is -2.24. The lowest BCUT2D eigenvalue weighted by molar-refractivity contribution is 0.0214. The predicted molar refractivity (Wildman–Crippen MR) is 115 cm³/mol. The minimum Gasteiger partial charge on any atom is -0.508 e. The summed E-state index contributed by atoms with van der Waals surface area (Å²) in [6, 6.07) is 20.4. The van der Waals surface area contributed by atoms with Crippen molar-refractivity contribution in [3.63, 3.8) is 0 Å². The standard InChI is InChI=1S/C25H26O4/c1-2-22(25(28)24-9-6-16-29-24)23(27)15-12-20(19-7-4-3-5-8-19)17-18-10-13-21(26)14-11-18/h2-11,13-14,16-17,22-23,25-28H,1,12,15H2/b20-17-/t22-,23-,25+/m1/s1. The lowest BCUT2D eigenvalue weighted by Gasteiger charge is -2.24. The van der Waals surface area contributed by atoms with Crippen LogP contribution in [0.2, 0.25) is 0 Å². The molecule has 0 aliphatic heterocycles. The van der Waals surface area contributed by atoms with E-state index in [1.165, 1.54) is 6.26 Å². The maximum absolute atomic E-state index is 10.7. The van der Waals surface area contributed by atoms with Crippen molar-refractivity contribution in [2.75, 3.05) is 0 Å². The van der Waals surface area contributed by atoms with E-state index in [2.05, 4.69) is 6.58 Å². The fourth-order valence-corrected chi connectivity index (χ4v) is 3.37. The first kappa shape index (κ1) is 20.6. The molecule has 0 fully saturated rings. The number of aliphatic hydroxyl groups is 2. The maximum Gasteiger partial charge on any atom is 0.132 e. The summed E-state index contributed by atoms with van der Waals surface area (Å²) in [4.78, 5) is 0. The topological polar surface area (TPSA) is 73.8 Å². The van der Waals surface area contributed by atoms with Crippen molar-refractivity contribution in [1.29, 1.82) is 0 Å². The van der Waals surface area contributed by atoms with Crippen LogP contribution in [-0.4, -0.2) is 21.4 Å². The van der Waals surface area contributed by atoms with E-state index in [-0.39, 0.29) is 5.75 Å². The minimum atomic E-state index is -0.946. The van der Waals surface area contributed by atoms with Crippen LogP contribution in [0.3, 0.4) is 0 Å². The van der Waals surface area contributed by atoms with Crippen molar-refractivity contribution in [1.82, 2.24) is 0 Å². The Balaban J connectivity index is 1.77. The average molecular weight is 390 g/mol. The van der Waals surface area contributed by atoms with Gasteiger partial charge in [-0.2, -0.15) is 0 Å². The SMILES string of the molecule is C=C[C@H]([C@H](O)CC/C(=C/c1ccc(O)cc1)c1ccccc1)[C@H](O)c1ccco1. The molecule has 0 bridgehead atoms.